The van der Waals surface area contributed by atoms with Crippen molar-refractivity contribution in [3.05, 3.63) is 60.2 Å². The molecule has 0 heterocycles. The summed E-state index contributed by atoms with van der Waals surface area (Å²) in [5, 5.41) is 0. The Bertz CT molecular complexity index is 853. The Morgan fingerprint density at radius 2 is 1.63 bits per heavy atom. The summed E-state index contributed by atoms with van der Waals surface area (Å²) in [6, 6.07) is 16.8. The fraction of sp³-hybridized carbons (Fsp3) is 0.350. The number of benzene rings is 2. The molecule has 0 saturated heterocycles. The van der Waals surface area contributed by atoms with Gasteiger partial charge in [-0.15, -0.1) is 0 Å². The summed E-state index contributed by atoms with van der Waals surface area (Å²) in [6.07, 6.45) is 1.80. The van der Waals surface area contributed by atoms with Crippen LogP contribution in [-0.4, -0.2) is 52.1 Å². The zero-order valence-electron chi connectivity index (χ0n) is 16.0. The van der Waals surface area contributed by atoms with E-state index in [-0.39, 0.29) is 18.9 Å². The number of sulfonamides is 1. The lowest BCUT2D eigenvalue weighted by molar-refractivity contribution is -0.118. The second kappa shape index (κ2) is 9.53. The number of amides is 1. The lowest BCUT2D eigenvalue weighted by Crippen LogP contribution is -2.36. The number of anilines is 1. The van der Waals surface area contributed by atoms with Crippen LogP contribution < -0.4 is 9.64 Å². The normalized spacial score (nSPS) is 11.4. The van der Waals surface area contributed by atoms with Crippen LogP contribution in [0.2, 0.25) is 0 Å². The summed E-state index contributed by atoms with van der Waals surface area (Å²) < 4.78 is 30.9. The summed E-state index contributed by atoms with van der Waals surface area (Å²) in [4.78, 5) is 14.0. The molecule has 0 aromatic heterocycles. The van der Waals surface area contributed by atoms with Crippen LogP contribution in [0.15, 0.2) is 54.6 Å². The van der Waals surface area contributed by atoms with Gasteiger partial charge in [0, 0.05) is 32.2 Å². The average Bonchev–Trinajstić information content (AvgIpc) is 2.67. The number of nitrogens with zero attached hydrogens (tertiary/aromatic N) is 2. The van der Waals surface area contributed by atoms with E-state index in [0.717, 1.165) is 17.0 Å². The van der Waals surface area contributed by atoms with Gasteiger partial charge in [0.25, 0.3) is 0 Å². The number of carbonyl (C=O) groups excluding carboxylic acids is 1. The van der Waals surface area contributed by atoms with Crippen molar-refractivity contribution in [3.8, 4) is 5.75 Å². The Labute approximate surface area is 161 Å². The van der Waals surface area contributed by atoms with Crippen LogP contribution in [0.1, 0.15) is 12.0 Å². The van der Waals surface area contributed by atoms with Crippen molar-refractivity contribution in [1.82, 2.24) is 4.31 Å². The first-order chi connectivity index (χ1) is 12.8. The van der Waals surface area contributed by atoms with E-state index in [2.05, 4.69) is 0 Å². The van der Waals surface area contributed by atoms with Gasteiger partial charge in [0.2, 0.25) is 15.9 Å². The summed E-state index contributed by atoms with van der Waals surface area (Å²) in [5.41, 5.74) is 1.71. The SMILES string of the molecule is COc1ccccc1CCN(CCC(=O)N(C)c1ccccc1)S(C)(=O)=O. The highest BCUT2D eigenvalue weighted by atomic mass is 32.2. The largest absolute Gasteiger partial charge is 0.496 e. The average molecular weight is 391 g/mol. The fourth-order valence-electron chi connectivity index (χ4n) is 2.78. The minimum absolute atomic E-state index is 0.115. The maximum atomic E-state index is 12.4. The Kier molecular flexibility index (Phi) is 7.38. The molecule has 0 saturated carbocycles. The molecular formula is C20H26N2O4S. The Morgan fingerprint density at radius 1 is 1.00 bits per heavy atom. The number of hydrogen-bond donors (Lipinski definition) is 0. The monoisotopic (exact) mass is 390 g/mol. The molecular weight excluding hydrogens is 364 g/mol. The number of carbonyl (C=O) groups is 1. The molecule has 146 valence electrons. The Hall–Kier alpha value is -2.38. The molecule has 2 rings (SSSR count). The highest BCUT2D eigenvalue weighted by molar-refractivity contribution is 7.88. The molecule has 0 bridgehead atoms. The van der Waals surface area contributed by atoms with E-state index < -0.39 is 10.0 Å². The van der Waals surface area contributed by atoms with Crippen molar-refractivity contribution in [1.29, 1.82) is 0 Å². The van der Waals surface area contributed by atoms with E-state index in [9.17, 15) is 13.2 Å². The third-order valence-electron chi connectivity index (χ3n) is 4.38. The third kappa shape index (κ3) is 6.08. The molecule has 0 atom stereocenters. The highest BCUT2D eigenvalue weighted by Gasteiger charge is 2.20. The van der Waals surface area contributed by atoms with Gasteiger partial charge < -0.3 is 9.64 Å². The molecule has 1 amide bonds. The van der Waals surface area contributed by atoms with Gasteiger partial charge in [-0.25, -0.2) is 12.7 Å². The topological polar surface area (TPSA) is 66.9 Å². The molecule has 0 aliphatic heterocycles. The van der Waals surface area contributed by atoms with Crippen LogP contribution in [0.5, 0.6) is 5.75 Å². The molecule has 6 nitrogen and oxygen atoms in total. The van der Waals surface area contributed by atoms with Gasteiger partial charge in [-0.05, 0) is 30.2 Å². The van der Waals surface area contributed by atoms with Crippen LogP contribution in [0, 0.1) is 0 Å². The maximum absolute atomic E-state index is 12.4. The van der Waals surface area contributed by atoms with Gasteiger partial charge in [-0.2, -0.15) is 0 Å². The smallest absolute Gasteiger partial charge is 0.228 e. The first kappa shape index (κ1) is 20.9. The Balaban J connectivity index is 2.00. The Morgan fingerprint density at radius 3 is 2.26 bits per heavy atom. The molecule has 0 fully saturated rings. The summed E-state index contributed by atoms with van der Waals surface area (Å²) in [6.45, 7) is 0.436. The van der Waals surface area contributed by atoms with E-state index in [4.69, 9.17) is 4.74 Å². The molecule has 2 aromatic carbocycles. The van der Waals surface area contributed by atoms with Crippen molar-refractivity contribution in [2.45, 2.75) is 12.8 Å². The second-order valence-corrected chi connectivity index (χ2v) is 8.24. The molecule has 7 heteroatoms. The molecule has 27 heavy (non-hydrogen) atoms. The second-order valence-electron chi connectivity index (χ2n) is 6.26. The highest BCUT2D eigenvalue weighted by Crippen LogP contribution is 2.19. The zero-order chi connectivity index (χ0) is 19.9. The number of methoxy groups -OCH3 is 1. The van der Waals surface area contributed by atoms with Gasteiger partial charge in [0.15, 0.2) is 0 Å². The van der Waals surface area contributed by atoms with Gasteiger partial charge in [0.05, 0.1) is 13.4 Å². The lowest BCUT2D eigenvalue weighted by Gasteiger charge is -2.22. The van der Waals surface area contributed by atoms with Gasteiger partial charge in [-0.1, -0.05) is 36.4 Å². The standard InChI is InChI=1S/C20H26N2O4S/c1-21(18-10-5-4-6-11-18)20(23)14-16-22(27(3,24)25)15-13-17-9-7-8-12-19(17)26-2/h4-12H,13-16H2,1-3H3. The summed E-state index contributed by atoms with van der Waals surface area (Å²) in [5.74, 6) is 0.595. The predicted octanol–water partition coefficient (Wildman–Crippen LogP) is 2.55. The van der Waals surface area contributed by atoms with Crippen LogP contribution in [-0.2, 0) is 21.2 Å². The van der Waals surface area contributed by atoms with Crippen molar-refractivity contribution in [2.24, 2.45) is 0 Å². The van der Waals surface area contributed by atoms with E-state index in [0.29, 0.717) is 13.0 Å². The number of rotatable bonds is 9. The molecule has 0 aliphatic rings. The first-order valence-electron chi connectivity index (χ1n) is 8.71. The lowest BCUT2D eigenvalue weighted by atomic mass is 10.1. The van der Waals surface area contributed by atoms with Gasteiger partial charge >= 0.3 is 0 Å². The van der Waals surface area contributed by atoms with Crippen molar-refractivity contribution >= 4 is 21.6 Å². The van der Waals surface area contributed by atoms with Crippen molar-refractivity contribution in [2.75, 3.05) is 38.4 Å². The van der Waals surface area contributed by atoms with E-state index in [1.807, 2.05) is 54.6 Å². The predicted molar refractivity (Wildman–Crippen MR) is 108 cm³/mol. The van der Waals surface area contributed by atoms with Crippen molar-refractivity contribution in [3.63, 3.8) is 0 Å². The quantitative estimate of drug-likeness (QED) is 0.660. The van der Waals surface area contributed by atoms with Crippen molar-refractivity contribution < 1.29 is 17.9 Å². The molecule has 0 unspecified atom stereocenters. The van der Waals surface area contributed by atoms with Crippen LogP contribution in [0.25, 0.3) is 0 Å². The number of para-hydroxylation sites is 2. The number of hydrogen-bond acceptors (Lipinski definition) is 4. The molecule has 0 N–H and O–H groups in total. The molecule has 2 aromatic rings. The van der Waals surface area contributed by atoms with Gasteiger partial charge in [0.1, 0.15) is 5.75 Å². The first-order valence-corrected chi connectivity index (χ1v) is 10.6. The van der Waals surface area contributed by atoms with E-state index in [1.54, 1.807) is 19.1 Å². The van der Waals surface area contributed by atoms with Gasteiger partial charge in [-0.3, -0.25) is 4.79 Å². The maximum Gasteiger partial charge on any atom is 0.228 e. The summed E-state index contributed by atoms with van der Waals surface area (Å²) >= 11 is 0. The third-order valence-corrected chi connectivity index (χ3v) is 5.69. The minimum atomic E-state index is -3.42. The van der Waals surface area contributed by atoms with Crippen LogP contribution in [0.4, 0.5) is 5.69 Å². The van der Waals surface area contributed by atoms with Crippen LogP contribution in [0.3, 0.4) is 0 Å². The molecule has 0 spiro atoms. The zero-order valence-corrected chi connectivity index (χ0v) is 16.8. The molecule has 0 radical (unpaired) electrons. The number of ether oxygens (including phenoxy) is 1. The molecule has 0 aliphatic carbocycles. The van der Waals surface area contributed by atoms with Crippen LogP contribution >= 0.6 is 0 Å². The fourth-order valence-corrected chi connectivity index (χ4v) is 3.63. The van der Waals surface area contributed by atoms with E-state index in [1.165, 1.54) is 10.6 Å². The summed E-state index contributed by atoms with van der Waals surface area (Å²) in [7, 11) is -0.139. The minimum Gasteiger partial charge on any atom is -0.496 e. The van der Waals surface area contributed by atoms with E-state index >= 15 is 0 Å².